The number of ether oxygens (including phenoxy) is 2. The van der Waals surface area contributed by atoms with E-state index >= 15 is 0 Å². The van der Waals surface area contributed by atoms with Crippen molar-refractivity contribution in [3.05, 3.63) is 17.7 Å². The third-order valence-corrected chi connectivity index (χ3v) is 3.13. The minimum absolute atomic E-state index is 0.229. The predicted octanol–water partition coefficient (Wildman–Crippen LogP) is 0.784. The summed E-state index contributed by atoms with van der Waals surface area (Å²) in [5, 5.41) is 3.14. The van der Waals surface area contributed by atoms with Gasteiger partial charge in [-0.1, -0.05) is 13.3 Å². The van der Waals surface area contributed by atoms with Crippen molar-refractivity contribution in [2.75, 3.05) is 19.8 Å². The van der Waals surface area contributed by atoms with Gasteiger partial charge >= 0.3 is 5.97 Å². The number of unbranched alkanes of at least 4 members (excludes halogenated alkanes) is 1. The summed E-state index contributed by atoms with van der Waals surface area (Å²) in [5.74, 6) is -0.229. The number of H-pyrrole nitrogens is 1. The first-order chi connectivity index (χ1) is 9.31. The van der Waals surface area contributed by atoms with Crippen molar-refractivity contribution in [1.82, 2.24) is 15.3 Å². The summed E-state index contributed by atoms with van der Waals surface area (Å²) >= 11 is 0. The zero-order valence-electron chi connectivity index (χ0n) is 11.3. The normalized spacial score (nSPS) is 18.1. The second-order valence-electron chi connectivity index (χ2n) is 4.60. The summed E-state index contributed by atoms with van der Waals surface area (Å²) < 4.78 is 10.5. The molecule has 1 aliphatic heterocycles. The van der Waals surface area contributed by atoms with E-state index < -0.39 is 0 Å². The highest BCUT2D eigenvalue weighted by atomic mass is 16.6. The molecule has 6 heteroatoms. The molecule has 0 fully saturated rings. The minimum atomic E-state index is -0.300. The fraction of sp³-hybridized carbons (Fsp3) is 0.692. The Morgan fingerprint density at radius 3 is 3.21 bits per heavy atom. The number of rotatable bonds is 7. The van der Waals surface area contributed by atoms with Crippen LogP contribution in [0.4, 0.5) is 0 Å². The first kappa shape index (κ1) is 14.0. The van der Waals surface area contributed by atoms with Crippen LogP contribution in [0.2, 0.25) is 0 Å². The molecular formula is C13H21N3O3. The van der Waals surface area contributed by atoms with Crippen LogP contribution >= 0.6 is 0 Å². The monoisotopic (exact) mass is 267 g/mol. The van der Waals surface area contributed by atoms with E-state index in [0.717, 1.165) is 30.8 Å². The van der Waals surface area contributed by atoms with Gasteiger partial charge in [-0.15, -0.1) is 0 Å². The highest BCUT2D eigenvalue weighted by Crippen LogP contribution is 2.12. The van der Waals surface area contributed by atoms with Gasteiger partial charge in [0, 0.05) is 19.6 Å². The number of hydrogen-bond acceptors (Lipinski definition) is 5. The van der Waals surface area contributed by atoms with Crippen LogP contribution in [0.25, 0.3) is 0 Å². The van der Waals surface area contributed by atoms with Gasteiger partial charge in [-0.05, 0) is 6.42 Å². The summed E-state index contributed by atoms with van der Waals surface area (Å²) in [4.78, 5) is 19.1. The van der Waals surface area contributed by atoms with E-state index in [1.165, 1.54) is 0 Å². The van der Waals surface area contributed by atoms with Crippen molar-refractivity contribution in [2.24, 2.45) is 0 Å². The SMILES string of the molecule is CCCCOCCOC(=O)C1Cc2nc[nH]c2CN1. The third kappa shape index (κ3) is 4.04. The number of carbonyl (C=O) groups excluding carboxylic acids is 1. The molecule has 1 atom stereocenters. The average Bonchev–Trinajstić information content (AvgIpc) is 2.89. The van der Waals surface area contributed by atoms with Gasteiger partial charge in [0.2, 0.25) is 0 Å². The largest absolute Gasteiger partial charge is 0.462 e. The van der Waals surface area contributed by atoms with Crippen molar-refractivity contribution >= 4 is 5.97 Å². The van der Waals surface area contributed by atoms with Crippen molar-refractivity contribution in [1.29, 1.82) is 0 Å². The summed E-state index contributed by atoms with van der Waals surface area (Å²) in [7, 11) is 0. The third-order valence-electron chi connectivity index (χ3n) is 3.13. The Labute approximate surface area is 112 Å². The van der Waals surface area contributed by atoms with E-state index in [2.05, 4.69) is 22.2 Å². The second kappa shape index (κ2) is 7.25. The zero-order chi connectivity index (χ0) is 13.5. The van der Waals surface area contributed by atoms with Gasteiger partial charge in [0.25, 0.3) is 0 Å². The van der Waals surface area contributed by atoms with Gasteiger partial charge in [-0.3, -0.25) is 10.1 Å². The molecule has 1 unspecified atom stereocenters. The van der Waals surface area contributed by atoms with Crippen LogP contribution in [0.15, 0.2) is 6.33 Å². The van der Waals surface area contributed by atoms with Gasteiger partial charge in [0.15, 0.2) is 0 Å². The molecule has 1 aromatic rings. The van der Waals surface area contributed by atoms with Crippen LogP contribution in [0.1, 0.15) is 31.2 Å². The molecule has 6 nitrogen and oxygen atoms in total. The van der Waals surface area contributed by atoms with Crippen molar-refractivity contribution < 1.29 is 14.3 Å². The van der Waals surface area contributed by atoms with Gasteiger partial charge in [0.05, 0.1) is 24.3 Å². The van der Waals surface area contributed by atoms with E-state index in [1.54, 1.807) is 6.33 Å². The fourth-order valence-corrected chi connectivity index (χ4v) is 1.99. The maximum atomic E-state index is 11.8. The first-order valence-corrected chi connectivity index (χ1v) is 6.80. The number of aromatic nitrogens is 2. The fourth-order valence-electron chi connectivity index (χ4n) is 1.99. The Morgan fingerprint density at radius 1 is 1.47 bits per heavy atom. The molecule has 2 rings (SSSR count). The molecule has 0 saturated heterocycles. The van der Waals surface area contributed by atoms with Gasteiger partial charge in [0.1, 0.15) is 12.6 Å². The molecule has 0 aliphatic carbocycles. The molecule has 0 bridgehead atoms. The number of nitrogens with zero attached hydrogens (tertiary/aromatic N) is 1. The number of hydrogen-bond donors (Lipinski definition) is 2. The zero-order valence-corrected chi connectivity index (χ0v) is 11.3. The number of fused-ring (bicyclic) bond motifs is 1. The van der Waals surface area contributed by atoms with Gasteiger partial charge < -0.3 is 14.5 Å². The van der Waals surface area contributed by atoms with Crippen molar-refractivity contribution in [3.8, 4) is 0 Å². The first-order valence-electron chi connectivity index (χ1n) is 6.80. The van der Waals surface area contributed by atoms with Crippen LogP contribution < -0.4 is 5.32 Å². The Hall–Kier alpha value is -1.40. The number of imidazole rings is 1. The van der Waals surface area contributed by atoms with Crippen molar-refractivity contribution in [2.45, 2.75) is 38.8 Å². The molecule has 0 aromatic carbocycles. The van der Waals surface area contributed by atoms with E-state index in [1.807, 2.05) is 0 Å². The molecule has 2 heterocycles. The van der Waals surface area contributed by atoms with E-state index in [0.29, 0.717) is 26.2 Å². The molecule has 0 spiro atoms. The number of aromatic amines is 1. The topological polar surface area (TPSA) is 76.2 Å². The summed E-state index contributed by atoms with van der Waals surface area (Å²) in [6, 6.07) is -0.300. The Bertz CT molecular complexity index is 406. The molecule has 0 amide bonds. The highest BCUT2D eigenvalue weighted by molar-refractivity contribution is 5.76. The maximum absolute atomic E-state index is 11.8. The van der Waals surface area contributed by atoms with Crippen molar-refractivity contribution in [3.63, 3.8) is 0 Å². The number of esters is 1. The van der Waals surface area contributed by atoms with Gasteiger partial charge in [-0.25, -0.2) is 4.98 Å². The van der Waals surface area contributed by atoms with E-state index in [4.69, 9.17) is 9.47 Å². The lowest BCUT2D eigenvalue weighted by atomic mass is 10.1. The standard InChI is InChI=1S/C13H21N3O3/c1-2-3-4-18-5-6-19-13(17)11-7-10-12(8-14-11)16-9-15-10/h9,11,14H,2-8H2,1H3,(H,15,16). The molecule has 19 heavy (non-hydrogen) atoms. The lowest BCUT2D eigenvalue weighted by Gasteiger charge is -2.21. The molecular weight excluding hydrogens is 246 g/mol. The molecule has 1 aliphatic rings. The molecule has 1 aromatic heterocycles. The van der Waals surface area contributed by atoms with Crippen LogP contribution in [-0.4, -0.2) is 41.8 Å². The van der Waals surface area contributed by atoms with E-state index in [9.17, 15) is 4.79 Å². The number of carbonyl (C=O) groups is 1. The quantitative estimate of drug-likeness (QED) is 0.564. The Balaban J connectivity index is 1.64. The summed E-state index contributed by atoms with van der Waals surface area (Å²) in [6.45, 7) is 4.25. The molecule has 0 saturated carbocycles. The smallest absolute Gasteiger partial charge is 0.323 e. The van der Waals surface area contributed by atoms with Crippen LogP contribution in [0.3, 0.4) is 0 Å². The molecule has 106 valence electrons. The van der Waals surface area contributed by atoms with E-state index in [-0.39, 0.29) is 12.0 Å². The second-order valence-corrected chi connectivity index (χ2v) is 4.60. The molecule has 0 radical (unpaired) electrons. The lowest BCUT2D eigenvalue weighted by molar-refractivity contribution is -0.148. The lowest BCUT2D eigenvalue weighted by Crippen LogP contribution is -2.43. The summed E-state index contributed by atoms with van der Waals surface area (Å²) in [6.07, 6.45) is 4.38. The maximum Gasteiger partial charge on any atom is 0.323 e. The van der Waals surface area contributed by atoms with Crippen LogP contribution in [0, 0.1) is 0 Å². The average molecular weight is 267 g/mol. The Kier molecular flexibility index (Phi) is 5.35. The summed E-state index contributed by atoms with van der Waals surface area (Å²) in [5.41, 5.74) is 1.99. The Morgan fingerprint density at radius 2 is 2.37 bits per heavy atom. The van der Waals surface area contributed by atoms with Crippen LogP contribution in [0.5, 0.6) is 0 Å². The predicted molar refractivity (Wildman–Crippen MR) is 69.6 cm³/mol. The highest BCUT2D eigenvalue weighted by Gasteiger charge is 2.26. The van der Waals surface area contributed by atoms with Gasteiger partial charge in [-0.2, -0.15) is 0 Å². The minimum Gasteiger partial charge on any atom is -0.462 e. The number of nitrogens with one attached hydrogen (secondary N) is 2. The molecule has 2 N–H and O–H groups in total. The van der Waals surface area contributed by atoms with Crippen LogP contribution in [-0.2, 0) is 27.2 Å².